The van der Waals surface area contributed by atoms with Crippen molar-refractivity contribution in [2.24, 2.45) is 15.3 Å². The number of piperidine rings is 1. The Kier molecular flexibility index (Phi) is 7.84. The summed E-state index contributed by atoms with van der Waals surface area (Å²) < 4.78 is 42.4. The first-order valence-corrected chi connectivity index (χ1v) is 14.2. The monoisotopic (exact) mass is 554 g/mol. The molecular weight excluding hydrogens is 527 g/mol. The van der Waals surface area contributed by atoms with Crippen LogP contribution in [-0.2, 0) is 10.0 Å². The maximum Gasteiger partial charge on any atom is 0.284 e. The van der Waals surface area contributed by atoms with Gasteiger partial charge in [-0.3, -0.25) is 0 Å². The normalized spacial score (nSPS) is 14.2. The van der Waals surface area contributed by atoms with Gasteiger partial charge in [0.15, 0.2) is 5.82 Å². The Labute approximate surface area is 232 Å². The molecule has 0 saturated carbocycles. The van der Waals surface area contributed by atoms with E-state index in [0.717, 1.165) is 49.8 Å². The lowest BCUT2D eigenvalue weighted by Gasteiger charge is -2.30. The third-order valence-electron chi connectivity index (χ3n) is 6.87. The van der Waals surface area contributed by atoms with Gasteiger partial charge in [0.1, 0.15) is 11.5 Å². The average Bonchev–Trinajstić information content (AvgIpc) is 2.98. The predicted molar refractivity (Wildman–Crippen MR) is 158 cm³/mol. The van der Waals surface area contributed by atoms with Crippen LogP contribution in [0.4, 0.5) is 15.8 Å². The van der Waals surface area contributed by atoms with Crippen LogP contribution in [0.3, 0.4) is 0 Å². The highest BCUT2D eigenvalue weighted by atomic mass is 32.2. The van der Waals surface area contributed by atoms with Crippen LogP contribution in [0.25, 0.3) is 17.2 Å². The number of amidine groups is 1. The Hall–Kier alpha value is -4.63. The Morgan fingerprint density at radius 1 is 0.875 bits per heavy atom. The summed E-state index contributed by atoms with van der Waals surface area (Å²) >= 11 is 0. The van der Waals surface area contributed by atoms with Crippen molar-refractivity contribution >= 4 is 33.3 Å². The van der Waals surface area contributed by atoms with Gasteiger partial charge in [-0.15, -0.1) is 9.30 Å². The summed E-state index contributed by atoms with van der Waals surface area (Å²) in [7, 11) is -4.26. The van der Waals surface area contributed by atoms with E-state index in [2.05, 4.69) is 69.1 Å². The van der Waals surface area contributed by atoms with Crippen molar-refractivity contribution in [1.82, 2.24) is 0 Å². The lowest BCUT2D eigenvalue weighted by molar-refractivity contribution is 0.596. The quantitative estimate of drug-likeness (QED) is 0.156. The summed E-state index contributed by atoms with van der Waals surface area (Å²) in [5.74, 6) is -1.13. The number of halogens is 1. The van der Waals surface area contributed by atoms with Crippen LogP contribution < -0.4 is 10.6 Å². The number of rotatable bonds is 7. The number of nitrogens with two attached hydrogens (primary N) is 1. The fraction of sp³-hybridized carbons (Fsp3) is 0.129. The van der Waals surface area contributed by atoms with Gasteiger partial charge in [-0.05, 0) is 77.2 Å². The van der Waals surface area contributed by atoms with Gasteiger partial charge in [0.2, 0.25) is 0 Å². The number of hydrogen-bond acceptors (Lipinski definition) is 5. The molecule has 1 aliphatic heterocycles. The van der Waals surface area contributed by atoms with Crippen LogP contribution in [0.2, 0.25) is 0 Å². The van der Waals surface area contributed by atoms with Crippen LogP contribution in [0, 0.1) is 10.7 Å². The van der Waals surface area contributed by atoms with E-state index < -0.39 is 21.5 Å². The molecule has 5 rings (SSSR count). The van der Waals surface area contributed by atoms with Crippen molar-refractivity contribution in [2.75, 3.05) is 18.0 Å². The maximum absolute atomic E-state index is 13.5. The molecule has 0 aliphatic carbocycles. The van der Waals surface area contributed by atoms with E-state index in [1.807, 2.05) is 18.2 Å². The summed E-state index contributed by atoms with van der Waals surface area (Å²) in [4.78, 5) is 12.6. The average molecular weight is 555 g/mol. The van der Waals surface area contributed by atoms with E-state index in [4.69, 9.17) is 5.73 Å². The third kappa shape index (κ3) is 6.00. The van der Waals surface area contributed by atoms with Gasteiger partial charge in [0, 0.05) is 24.3 Å². The zero-order valence-corrected chi connectivity index (χ0v) is 22.4. The molecule has 4 aromatic carbocycles. The lowest BCUT2D eigenvalue weighted by Crippen LogP contribution is -2.30. The standard InChI is InChI=1S/C31H27FN4O3S/c32-29-15-14-27(21-30(29)34-37)40(38,39)35-31(33)24-10-12-26(13-11-24)36-18-16-22(17-19-36)20-25-8-4-5-9-28(25)23-6-2-1-3-7-23/h1-15,20-21H,16-19H2,(H2,33,35). The number of sulfonamides is 1. The number of hydrogen-bond donors (Lipinski definition) is 1. The van der Waals surface area contributed by atoms with Gasteiger partial charge >= 0.3 is 0 Å². The zero-order chi connectivity index (χ0) is 28.1. The first-order chi connectivity index (χ1) is 19.3. The Bertz CT molecular complexity index is 1690. The zero-order valence-electron chi connectivity index (χ0n) is 21.6. The maximum atomic E-state index is 13.5. The van der Waals surface area contributed by atoms with Crippen LogP contribution in [-0.4, -0.2) is 27.3 Å². The second-order valence-corrected chi connectivity index (χ2v) is 11.0. The molecule has 0 bridgehead atoms. The first-order valence-electron chi connectivity index (χ1n) is 12.8. The molecule has 0 amide bonds. The first kappa shape index (κ1) is 27.0. The molecule has 1 fully saturated rings. The fourth-order valence-corrected chi connectivity index (χ4v) is 5.69. The van der Waals surface area contributed by atoms with E-state index in [-0.39, 0.29) is 10.7 Å². The van der Waals surface area contributed by atoms with Gasteiger partial charge in [-0.25, -0.2) is 4.39 Å². The van der Waals surface area contributed by atoms with Crippen LogP contribution in [0.1, 0.15) is 24.0 Å². The van der Waals surface area contributed by atoms with Crippen LogP contribution in [0.15, 0.2) is 117 Å². The molecule has 1 aliphatic rings. The fourth-order valence-electron chi connectivity index (χ4n) is 4.72. The highest BCUT2D eigenvalue weighted by Gasteiger charge is 2.18. The number of nitroso groups, excluding NO2 is 1. The SMILES string of the molecule is N/C(=N/S(=O)(=O)c1ccc(F)c(N=O)c1)c1ccc(N2CCC(=Cc3ccccc3-c3ccccc3)CC2)cc1. The van der Waals surface area contributed by atoms with E-state index in [0.29, 0.717) is 5.56 Å². The molecule has 40 heavy (non-hydrogen) atoms. The van der Waals surface area contributed by atoms with Gasteiger partial charge in [-0.1, -0.05) is 66.2 Å². The molecule has 0 radical (unpaired) electrons. The summed E-state index contributed by atoms with van der Waals surface area (Å²) in [6, 6.07) is 28.7. The molecule has 0 spiro atoms. The van der Waals surface area contributed by atoms with Crippen molar-refractivity contribution < 1.29 is 12.8 Å². The summed E-state index contributed by atoms with van der Waals surface area (Å²) in [5.41, 5.74) is 11.8. The molecule has 2 N–H and O–H groups in total. The second-order valence-electron chi connectivity index (χ2n) is 9.45. The van der Waals surface area contributed by atoms with Gasteiger partial charge in [0.25, 0.3) is 10.0 Å². The Morgan fingerprint density at radius 3 is 2.25 bits per heavy atom. The molecule has 7 nitrogen and oxygen atoms in total. The molecule has 4 aromatic rings. The second kappa shape index (κ2) is 11.6. The van der Waals surface area contributed by atoms with Crippen molar-refractivity contribution in [2.45, 2.75) is 17.7 Å². The highest BCUT2D eigenvalue weighted by molar-refractivity contribution is 7.90. The smallest absolute Gasteiger partial charge is 0.284 e. The van der Waals surface area contributed by atoms with E-state index in [1.54, 1.807) is 12.1 Å². The Morgan fingerprint density at radius 2 is 1.55 bits per heavy atom. The number of benzene rings is 4. The molecule has 1 heterocycles. The molecule has 1 saturated heterocycles. The third-order valence-corrected chi connectivity index (χ3v) is 8.16. The number of nitrogens with zero attached hydrogens (tertiary/aromatic N) is 3. The minimum absolute atomic E-state index is 0.211. The molecule has 0 atom stereocenters. The molecule has 9 heteroatoms. The predicted octanol–water partition coefficient (Wildman–Crippen LogP) is 6.67. The Balaban J connectivity index is 1.26. The van der Waals surface area contributed by atoms with Gasteiger partial charge in [-0.2, -0.15) is 8.42 Å². The summed E-state index contributed by atoms with van der Waals surface area (Å²) in [6.45, 7) is 1.71. The number of anilines is 1. The summed E-state index contributed by atoms with van der Waals surface area (Å²) in [6.07, 6.45) is 4.17. The molecule has 0 aromatic heterocycles. The van der Waals surface area contributed by atoms with E-state index in [1.165, 1.54) is 22.3 Å². The van der Waals surface area contributed by atoms with Gasteiger partial charge < -0.3 is 10.6 Å². The minimum Gasteiger partial charge on any atom is -0.383 e. The molecule has 202 valence electrons. The molecule has 0 unspecified atom stereocenters. The molecular formula is C31H27FN4O3S. The van der Waals surface area contributed by atoms with Crippen molar-refractivity contribution in [3.63, 3.8) is 0 Å². The van der Waals surface area contributed by atoms with Crippen LogP contribution in [0.5, 0.6) is 0 Å². The van der Waals surface area contributed by atoms with Gasteiger partial charge in [0.05, 0.1) is 4.90 Å². The van der Waals surface area contributed by atoms with Crippen LogP contribution >= 0.6 is 0 Å². The van der Waals surface area contributed by atoms with Crippen molar-refractivity contribution in [3.05, 3.63) is 124 Å². The van der Waals surface area contributed by atoms with Crippen molar-refractivity contribution in [3.8, 4) is 11.1 Å². The lowest BCUT2D eigenvalue weighted by atomic mass is 9.95. The highest BCUT2D eigenvalue weighted by Crippen LogP contribution is 2.29. The summed E-state index contributed by atoms with van der Waals surface area (Å²) in [5, 5.41) is 2.50. The van der Waals surface area contributed by atoms with E-state index >= 15 is 0 Å². The van der Waals surface area contributed by atoms with E-state index in [9.17, 15) is 17.7 Å². The largest absolute Gasteiger partial charge is 0.383 e. The van der Waals surface area contributed by atoms with Crippen molar-refractivity contribution in [1.29, 1.82) is 0 Å². The minimum atomic E-state index is -4.26. The topological polar surface area (TPSA) is 105 Å².